The molecule has 0 aromatic heterocycles. The first-order chi connectivity index (χ1) is 7.41. The van der Waals surface area contributed by atoms with Gasteiger partial charge in [0.15, 0.2) is 0 Å². The zero-order chi connectivity index (χ0) is 12.3. The van der Waals surface area contributed by atoms with Crippen LogP contribution in [-0.2, 0) is 9.59 Å². The molecule has 0 amide bonds. The number of carbonyl (C=O) groups is 3. The second kappa shape index (κ2) is 4.43. The summed E-state index contributed by atoms with van der Waals surface area (Å²) < 4.78 is 4.56. The summed E-state index contributed by atoms with van der Waals surface area (Å²) in [5.41, 5.74) is -0.408. The maximum atomic E-state index is 10.9. The topological polar surface area (TPSA) is 101 Å². The number of hydrogen-bond donors (Lipinski definition) is 2. The van der Waals surface area contributed by atoms with Crippen molar-refractivity contribution in [3.8, 4) is 11.5 Å². The van der Waals surface area contributed by atoms with Crippen LogP contribution in [0.4, 0.5) is 0 Å². The molecule has 0 fully saturated rings. The maximum Gasteiger partial charge on any atom is 0.379 e. The Morgan fingerprint density at radius 1 is 1.25 bits per heavy atom. The van der Waals surface area contributed by atoms with Crippen LogP contribution in [0, 0.1) is 0 Å². The van der Waals surface area contributed by atoms with E-state index >= 15 is 0 Å². The summed E-state index contributed by atoms with van der Waals surface area (Å²) in [5.74, 6) is -3.82. The molecule has 16 heavy (non-hydrogen) atoms. The number of ether oxygens (including phenoxy) is 1. The third kappa shape index (κ3) is 2.57. The van der Waals surface area contributed by atoms with E-state index in [1.165, 1.54) is 6.07 Å². The average Bonchev–Trinajstić information content (AvgIpc) is 2.20. The van der Waals surface area contributed by atoms with E-state index in [4.69, 9.17) is 10.2 Å². The van der Waals surface area contributed by atoms with Crippen LogP contribution in [0.3, 0.4) is 0 Å². The third-order valence-corrected chi connectivity index (χ3v) is 1.70. The summed E-state index contributed by atoms with van der Waals surface area (Å²) >= 11 is 0. The van der Waals surface area contributed by atoms with E-state index in [2.05, 4.69) is 4.74 Å². The van der Waals surface area contributed by atoms with Crippen molar-refractivity contribution < 1.29 is 29.3 Å². The fraction of sp³-hybridized carbons (Fsp3) is 0.100. The molecule has 0 atom stereocenters. The van der Waals surface area contributed by atoms with E-state index in [9.17, 15) is 14.4 Å². The van der Waals surface area contributed by atoms with Gasteiger partial charge in [0.25, 0.3) is 0 Å². The molecule has 0 bridgehead atoms. The van der Waals surface area contributed by atoms with Crippen molar-refractivity contribution in [3.63, 3.8) is 0 Å². The lowest BCUT2D eigenvalue weighted by Crippen LogP contribution is -2.17. The van der Waals surface area contributed by atoms with Gasteiger partial charge in [-0.2, -0.15) is 0 Å². The third-order valence-electron chi connectivity index (χ3n) is 1.70. The molecule has 6 heteroatoms. The lowest BCUT2D eigenvalue weighted by atomic mass is 10.2. The molecule has 0 heterocycles. The van der Waals surface area contributed by atoms with Crippen LogP contribution in [0.1, 0.15) is 17.3 Å². The van der Waals surface area contributed by atoms with Gasteiger partial charge < -0.3 is 14.9 Å². The van der Waals surface area contributed by atoms with Gasteiger partial charge in [-0.1, -0.05) is 0 Å². The number of rotatable bonds is 3. The van der Waals surface area contributed by atoms with Crippen molar-refractivity contribution in [2.75, 3.05) is 0 Å². The number of aromatic hydroxyl groups is 1. The maximum absolute atomic E-state index is 10.9. The quantitative estimate of drug-likeness (QED) is 0.442. The lowest BCUT2D eigenvalue weighted by molar-refractivity contribution is -0.146. The molecule has 0 aliphatic heterocycles. The second-order valence-electron chi connectivity index (χ2n) is 2.93. The van der Waals surface area contributed by atoms with Crippen molar-refractivity contribution in [2.45, 2.75) is 6.92 Å². The SMILES string of the molecule is CC(=O)C(=O)Oc1ccc(O)c(C(=O)O)c1. The number of benzene rings is 1. The summed E-state index contributed by atoms with van der Waals surface area (Å²) in [6.45, 7) is 1.03. The first kappa shape index (κ1) is 11.7. The standard InChI is InChI=1S/C10H8O6/c1-5(11)10(15)16-6-2-3-8(12)7(4-6)9(13)14/h2-4,12H,1H3,(H,13,14). The summed E-state index contributed by atoms with van der Waals surface area (Å²) in [6, 6.07) is 3.20. The van der Waals surface area contributed by atoms with Gasteiger partial charge >= 0.3 is 11.9 Å². The molecule has 1 aromatic carbocycles. The van der Waals surface area contributed by atoms with E-state index in [0.29, 0.717) is 0 Å². The normalized spacial score (nSPS) is 9.56. The van der Waals surface area contributed by atoms with E-state index in [0.717, 1.165) is 19.1 Å². The van der Waals surface area contributed by atoms with Crippen LogP contribution in [0.2, 0.25) is 0 Å². The van der Waals surface area contributed by atoms with Gasteiger partial charge in [-0.05, 0) is 18.2 Å². The molecular formula is C10H8O6. The predicted molar refractivity (Wildman–Crippen MR) is 51.4 cm³/mol. The Hall–Kier alpha value is -2.37. The molecular weight excluding hydrogens is 216 g/mol. The Morgan fingerprint density at radius 3 is 2.38 bits per heavy atom. The highest BCUT2D eigenvalue weighted by Crippen LogP contribution is 2.23. The number of ketones is 1. The van der Waals surface area contributed by atoms with Crippen molar-refractivity contribution in [3.05, 3.63) is 23.8 Å². The van der Waals surface area contributed by atoms with Crippen LogP contribution in [0.15, 0.2) is 18.2 Å². The van der Waals surface area contributed by atoms with Crippen molar-refractivity contribution >= 4 is 17.7 Å². The Morgan fingerprint density at radius 2 is 1.88 bits per heavy atom. The summed E-state index contributed by atoms with van der Waals surface area (Å²) in [7, 11) is 0. The van der Waals surface area contributed by atoms with Gasteiger partial charge in [0.2, 0.25) is 5.78 Å². The fourth-order valence-electron chi connectivity index (χ4n) is 0.929. The summed E-state index contributed by atoms with van der Waals surface area (Å²) in [4.78, 5) is 32.1. The van der Waals surface area contributed by atoms with E-state index in [1.807, 2.05) is 0 Å². The largest absolute Gasteiger partial charge is 0.507 e. The Bertz CT molecular complexity index is 462. The molecule has 1 rings (SSSR count). The van der Waals surface area contributed by atoms with Crippen LogP contribution < -0.4 is 4.74 Å². The molecule has 0 unspecified atom stereocenters. The summed E-state index contributed by atoms with van der Waals surface area (Å²) in [5, 5.41) is 17.8. The number of Topliss-reactive ketones (excluding diaryl/α,β-unsaturated/α-hetero) is 1. The van der Waals surface area contributed by atoms with Crippen LogP contribution in [0.5, 0.6) is 11.5 Å². The van der Waals surface area contributed by atoms with Crippen LogP contribution in [0.25, 0.3) is 0 Å². The molecule has 0 spiro atoms. The minimum absolute atomic E-state index is 0.115. The summed E-state index contributed by atoms with van der Waals surface area (Å²) in [6.07, 6.45) is 0. The van der Waals surface area contributed by atoms with Crippen molar-refractivity contribution in [1.29, 1.82) is 0 Å². The molecule has 6 nitrogen and oxygen atoms in total. The minimum Gasteiger partial charge on any atom is -0.507 e. The number of phenols is 1. The number of carboxylic acids is 1. The lowest BCUT2D eigenvalue weighted by Gasteiger charge is -2.04. The van der Waals surface area contributed by atoms with Gasteiger partial charge in [0, 0.05) is 6.92 Å². The monoisotopic (exact) mass is 224 g/mol. The van der Waals surface area contributed by atoms with Gasteiger partial charge in [0.1, 0.15) is 17.1 Å². The Balaban J connectivity index is 3.00. The first-order valence-corrected chi connectivity index (χ1v) is 4.21. The van der Waals surface area contributed by atoms with Gasteiger partial charge in [-0.3, -0.25) is 4.79 Å². The first-order valence-electron chi connectivity index (χ1n) is 4.21. The smallest absolute Gasteiger partial charge is 0.379 e. The van der Waals surface area contributed by atoms with Crippen molar-refractivity contribution in [1.82, 2.24) is 0 Å². The van der Waals surface area contributed by atoms with Crippen LogP contribution >= 0.6 is 0 Å². The van der Waals surface area contributed by atoms with E-state index < -0.39 is 29.0 Å². The fourth-order valence-corrected chi connectivity index (χ4v) is 0.929. The molecule has 0 aliphatic carbocycles. The molecule has 0 radical (unpaired) electrons. The number of aromatic carboxylic acids is 1. The number of hydrogen-bond acceptors (Lipinski definition) is 5. The van der Waals surface area contributed by atoms with Gasteiger partial charge in [0.05, 0.1) is 0 Å². The van der Waals surface area contributed by atoms with Gasteiger partial charge in [-0.25, -0.2) is 9.59 Å². The molecule has 0 aliphatic rings. The van der Waals surface area contributed by atoms with Crippen molar-refractivity contribution in [2.24, 2.45) is 0 Å². The second-order valence-corrected chi connectivity index (χ2v) is 2.93. The number of carbonyl (C=O) groups excluding carboxylic acids is 2. The molecule has 2 N–H and O–H groups in total. The van der Waals surface area contributed by atoms with E-state index in [-0.39, 0.29) is 5.75 Å². The predicted octanol–water partition coefficient (Wildman–Crippen LogP) is 0.585. The Labute approximate surface area is 90.1 Å². The molecule has 0 saturated heterocycles. The minimum atomic E-state index is -1.36. The highest BCUT2D eigenvalue weighted by Gasteiger charge is 2.14. The van der Waals surface area contributed by atoms with E-state index in [1.54, 1.807) is 0 Å². The Kier molecular flexibility index (Phi) is 3.24. The van der Waals surface area contributed by atoms with Gasteiger partial charge in [-0.15, -0.1) is 0 Å². The molecule has 0 saturated carbocycles. The zero-order valence-electron chi connectivity index (χ0n) is 8.26. The molecule has 84 valence electrons. The number of esters is 1. The zero-order valence-corrected chi connectivity index (χ0v) is 8.26. The average molecular weight is 224 g/mol. The van der Waals surface area contributed by atoms with Crippen LogP contribution in [-0.4, -0.2) is 27.9 Å². The number of carboxylic acid groups (broad SMARTS) is 1. The highest BCUT2D eigenvalue weighted by atomic mass is 16.5. The molecule has 1 aromatic rings. The highest BCUT2D eigenvalue weighted by molar-refractivity contribution is 6.33.